The number of nitrogens with one attached hydrogen (secondary N) is 3. The SMILES string of the molecule is CC[C@H](c1ccccc1)c1nc2[nH]c(=O)[nH]c(=O)c2[nH]1. The molecule has 0 amide bonds. The fraction of sp³-hybridized carbons (Fsp3) is 0.214. The van der Waals surface area contributed by atoms with Crippen molar-refractivity contribution in [2.24, 2.45) is 0 Å². The Kier molecular flexibility index (Phi) is 2.98. The van der Waals surface area contributed by atoms with Crippen molar-refractivity contribution in [1.29, 1.82) is 0 Å². The van der Waals surface area contributed by atoms with E-state index in [9.17, 15) is 9.59 Å². The van der Waals surface area contributed by atoms with Gasteiger partial charge in [0.2, 0.25) is 0 Å². The molecular weight excluding hydrogens is 256 g/mol. The zero-order chi connectivity index (χ0) is 14.1. The highest BCUT2D eigenvalue weighted by Crippen LogP contribution is 2.25. The summed E-state index contributed by atoms with van der Waals surface area (Å²) in [5.41, 5.74) is 0.712. The van der Waals surface area contributed by atoms with E-state index in [0.717, 1.165) is 12.0 Å². The van der Waals surface area contributed by atoms with Crippen LogP contribution in [0, 0.1) is 0 Å². The molecule has 20 heavy (non-hydrogen) atoms. The zero-order valence-corrected chi connectivity index (χ0v) is 10.9. The molecule has 0 spiro atoms. The van der Waals surface area contributed by atoms with Gasteiger partial charge in [-0.3, -0.25) is 14.8 Å². The average Bonchev–Trinajstić information content (AvgIpc) is 2.84. The van der Waals surface area contributed by atoms with Crippen LogP contribution in [0.15, 0.2) is 39.9 Å². The third-order valence-corrected chi connectivity index (χ3v) is 3.35. The largest absolute Gasteiger partial charge is 0.336 e. The van der Waals surface area contributed by atoms with Gasteiger partial charge in [0.25, 0.3) is 5.56 Å². The van der Waals surface area contributed by atoms with Gasteiger partial charge in [-0.15, -0.1) is 0 Å². The van der Waals surface area contributed by atoms with E-state index < -0.39 is 11.2 Å². The highest BCUT2D eigenvalue weighted by Gasteiger charge is 2.17. The van der Waals surface area contributed by atoms with Crippen molar-refractivity contribution in [2.75, 3.05) is 0 Å². The van der Waals surface area contributed by atoms with Crippen molar-refractivity contribution >= 4 is 11.2 Å². The second kappa shape index (κ2) is 4.80. The molecule has 2 aromatic heterocycles. The van der Waals surface area contributed by atoms with Gasteiger partial charge in [0.05, 0.1) is 0 Å². The molecule has 2 heterocycles. The normalized spacial score (nSPS) is 12.7. The van der Waals surface area contributed by atoms with Crippen molar-refractivity contribution in [3.63, 3.8) is 0 Å². The Bertz CT molecular complexity index is 845. The summed E-state index contributed by atoms with van der Waals surface area (Å²) in [6, 6.07) is 9.93. The van der Waals surface area contributed by atoms with Gasteiger partial charge in [-0.2, -0.15) is 0 Å². The van der Waals surface area contributed by atoms with E-state index in [4.69, 9.17) is 0 Å². The zero-order valence-electron chi connectivity index (χ0n) is 10.9. The molecule has 0 aliphatic rings. The summed E-state index contributed by atoms with van der Waals surface area (Å²) >= 11 is 0. The van der Waals surface area contributed by atoms with E-state index >= 15 is 0 Å². The fourth-order valence-corrected chi connectivity index (χ4v) is 2.39. The number of hydrogen-bond donors (Lipinski definition) is 3. The number of benzene rings is 1. The summed E-state index contributed by atoms with van der Waals surface area (Å²) in [6.07, 6.45) is 0.839. The van der Waals surface area contributed by atoms with Crippen LogP contribution >= 0.6 is 0 Å². The Morgan fingerprint density at radius 2 is 1.85 bits per heavy atom. The Hall–Kier alpha value is -2.63. The summed E-state index contributed by atoms with van der Waals surface area (Å²) in [4.78, 5) is 35.1. The number of rotatable bonds is 3. The quantitative estimate of drug-likeness (QED) is 0.672. The molecule has 102 valence electrons. The molecule has 0 bridgehead atoms. The van der Waals surface area contributed by atoms with Crippen LogP contribution in [-0.4, -0.2) is 19.9 Å². The van der Waals surface area contributed by atoms with Crippen molar-refractivity contribution in [3.8, 4) is 0 Å². The molecule has 1 aromatic carbocycles. The number of H-pyrrole nitrogens is 3. The van der Waals surface area contributed by atoms with E-state index in [1.54, 1.807) is 0 Å². The smallest absolute Gasteiger partial charge is 0.327 e. The van der Waals surface area contributed by atoms with Gasteiger partial charge in [0.1, 0.15) is 11.3 Å². The van der Waals surface area contributed by atoms with Crippen LogP contribution in [0.1, 0.15) is 30.7 Å². The average molecular weight is 270 g/mol. The van der Waals surface area contributed by atoms with E-state index in [1.807, 2.05) is 30.3 Å². The van der Waals surface area contributed by atoms with Crippen LogP contribution in [0.25, 0.3) is 11.2 Å². The minimum absolute atomic E-state index is 0.0616. The summed E-state index contributed by atoms with van der Waals surface area (Å²) in [5, 5.41) is 0. The van der Waals surface area contributed by atoms with Gasteiger partial charge in [-0.05, 0) is 12.0 Å². The highest BCUT2D eigenvalue weighted by atomic mass is 16.2. The fourth-order valence-electron chi connectivity index (χ4n) is 2.39. The lowest BCUT2D eigenvalue weighted by Crippen LogP contribution is -2.21. The van der Waals surface area contributed by atoms with Crippen molar-refractivity contribution in [2.45, 2.75) is 19.3 Å². The summed E-state index contributed by atoms with van der Waals surface area (Å²) in [5.74, 6) is 0.743. The number of aromatic nitrogens is 4. The Morgan fingerprint density at radius 3 is 2.55 bits per heavy atom. The van der Waals surface area contributed by atoms with E-state index in [2.05, 4.69) is 26.9 Å². The highest BCUT2D eigenvalue weighted by molar-refractivity contribution is 5.68. The lowest BCUT2D eigenvalue weighted by atomic mass is 9.96. The molecule has 0 saturated carbocycles. The van der Waals surface area contributed by atoms with E-state index in [0.29, 0.717) is 17.0 Å². The number of hydrogen-bond acceptors (Lipinski definition) is 3. The molecule has 6 nitrogen and oxygen atoms in total. The maximum absolute atomic E-state index is 11.7. The lowest BCUT2D eigenvalue weighted by molar-refractivity contribution is 0.732. The van der Waals surface area contributed by atoms with Crippen LogP contribution in [0.2, 0.25) is 0 Å². The van der Waals surface area contributed by atoms with Crippen LogP contribution in [0.4, 0.5) is 0 Å². The predicted octanol–water partition coefficient (Wildman–Crippen LogP) is 1.48. The van der Waals surface area contributed by atoms with Gasteiger partial charge >= 0.3 is 5.69 Å². The molecule has 3 N–H and O–H groups in total. The molecule has 0 radical (unpaired) electrons. The molecule has 0 fully saturated rings. The Balaban J connectivity index is 2.16. The molecule has 3 rings (SSSR count). The van der Waals surface area contributed by atoms with Crippen LogP contribution in [-0.2, 0) is 0 Å². The molecule has 0 aliphatic heterocycles. The molecule has 0 unspecified atom stereocenters. The van der Waals surface area contributed by atoms with Crippen molar-refractivity contribution < 1.29 is 0 Å². The molecule has 6 heteroatoms. The van der Waals surface area contributed by atoms with Gasteiger partial charge < -0.3 is 4.98 Å². The van der Waals surface area contributed by atoms with E-state index in [1.165, 1.54) is 0 Å². The maximum Gasteiger partial charge on any atom is 0.327 e. The Labute approximate surface area is 113 Å². The summed E-state index contributed by atoms with van der Waals surface area (Å²) < 4.78 is 0. The van der Waals surface area contributed by atoms with Gasteiger partial charge in [0, 0.05) is 5.92 Å². The first-order valence-corrected chi connectivity index (χ1v) is 6.46. The maximum atomic E-state index is 11.7. The minimum Gasteiger partial charge on any atom is -0.336 e. The van der Waals surface area contributed by atoms with Crippen LogP contribution < -0.4 is 11.2 Å². The van der Waals surface area contributed by atoms with Gasteiger partial charge in [0.15, 0.2) is 5.65 Å². The monoisotopic (exact) mass is 270 g/mol. The number of nitrogens with zero attached hydrogens (tertiary/aromatic N) is 1. The Morgan fingerprint density at radius 1 is 1.10 bits per heavy atom. The summed E-state index contributed by atoms with van der Waals surface area (Å²) in [7, 11) is 0. The van der Waals surface area contributed by atoms with Crippen molar-refractivity contribution in [3.05, 3.63) is 62.6 Å². The second-order valence-electron chi connectivity index (χ2n) is 4.63. The molecule has 0 saturated heterocycles. The standard InChI is InChI=1S/C14H14N4O2/c1-2-9(8-6-4-3-5-7-8)11-15-10-12(16-11)17-14(20)18-13(10)19/h3-7,9H,2H2,1H3,(H3,15,16,17,18,19,20)/t9-/m1/s1. The second-order valence-corrected chi connectivity index (χ2v) is 4.63. The first-order valence-electron chi connectivity index (χ1n) is 6.46. The minimum atomic E-state index is -0.548. The van der Waals surface area contributed by atoms with Crippen LogP contribution in [0.5, 0.6) is 0 Å². The third kappa shape index (κ3) is 2.05. The number of imidazole rings is 1. The van der Waals surface area contributed by atoms with Crippen molar-refractivity contribution in [1.82, 2.24) is 19.9 Å². The number of aromatic amines is 3. The molecule has 0 aliphatic carbocycles. The third-order valence-electron chi connectivity index (χ3n) is 3.35. The molecule has 3 aromatic rings. The van der Waals surface area contributed by atoms with E-state index in [-0.39, 0.29) is 5.92 Å². The first-order chi connectivity index (χ1) is 9.69. The predicted molar refractivity (Wildman–Crippen MR) is 75.9 cm³/mol. The van der Waals surface area contributed by atoms with Gasteiger partial charge in [-0.25, -0.2) is 9.78 Å². The lowest BCUT2D eigenvalue weighted by Gasteiger charge is -2.11. The first kappa shape index (κ1) is 12.4. The topological polar surface area (TPSA) is 94.4 Å². The summed E-state index contributed by atoms with van der Waals surface area (Å²) in [6.45, 7) is 2.05. The van der Waals surface area contributed by atoms with Gasteiger partial charge in [-0.1, -0.05) is 37.3 Å². The molecule has 1 atom stereocenters. The molecular formula is C14H14N4O2. The number of fused-ring (bicyclic) bond motifs is 1. The van der Waals surface area contributed by atoms with Crippen LogP contribution in [0.3, 0.4) is 0 Å².